The maximum atomic E-state index is 13.1. The predicted octanol–water partition coefficient (Wildman–Crippen LogP) is -14.6. The molecule has 2 aromatic heterocycles. The Labute approximate surface area is 574 Å². The summed E-state index contributed by atoms with van der Waals surface area (Å²) >= 11 is 0. The molecule has 0 atom stereocenters. The average molecular weight is 1220 g/mol. The van der Waals surface area contributed by atoms with E-state index in [0.717, 1.165) is 33.9 Å². The van der Waals surface area contributed by atoms with Crippen molar-refractivity contribution in [1.29, 1.82) is 0 Å². The van der Waals surface area contributed by atoms with E-state index in [1.807, 2.05) is 0 Å². The normalized spacial score (nSPS) is 12.5. The minimum atomic E-state index is -5.38. The van der Waals surface area contributed by atoms with E-state index >= 15 is 0 Å². The third kappa shape index (κ3) is 11.9. The van der Waals surface area contributed by atoms with Crippen LogP contribution < -0.4 is 177 Å². The Hall–Kier alpha value is -1.20. The minimum Gasteiger partial charge on any atom is -0.744 e. The SMILES string of the molecule is O=S(=O)([O-])c1cc(S(=O)(=O)[O-])c2ccc3nn(-c4cc5ccc4c(S(=O)(=O)[O-])c5-c4ccc(-c5c(S(=O)(=O)[O-])c6ccc5cc6-n5nc6ccc7c(S(=O)(=O)[O-])cc(S(=O)(=O)[O-])cc7c6n5)cc4)nc3c2c1.[Na+].[Na+].[Na+].[Na+].[Na+].[Na+]. The summed E-state index contributed by atoms with van der Waals surface area (Å²) in [6, 6.07) is 20.9. The second kappa shape index (κ2) is 23.3. The number of hydrogen-bond donors (Lipinski definition) is 0. The Morgan fingerprint density at radius 2 is 0.641 bits per heavy atom. The molecule has 13 aromatic rings. The van der Waals surface area contributed by atoms with Crippen LogP contribution in [0.5, 0.6) is 0 Å². The van der Waals surface area contributed by atoms with Gasteiger partial charge in [0, 0.05) is 43.4 Å². The number of aromatic nitrogens is 6. The summed E-state index contributed by atoms with van der Waals surface area (Å²) in [5, 5.41) is 15.9. The Balaban J connectivity index is 0.00000187. The molecule has 0 unspecified atom stereocenters. The fourth-order valence-electron chi connectivity index (χ4n) is 8.96. The molecule has 0 aliphatic rings. The Morgan fingerprint density at radius 1 is 0.321 bits per heavy atom. The molecule has 0 aliphatic carbocycles. The van der Waals surface area contributed by atoms with Gasteiger partial charge in [0.25, 0.3) is 0 Å². The van der Waals surface area contributed by atoms with Crippen LogP contribution in [0.1, 0.15) is 0 Å². The molecule has 4 bridgehead atoms. The molecular formula is C42H18N6Na6O18S6. The van der Waals surface area contributed by atoms with Gasteiger partial charge in [0.15, 0.2) is 0 Å². The summed E-state index contributed by atoms with van der Waals surface area (Å²) in [6.45, 7) is 0. The van der Waals surface area contributed by atoms with Crippen molar-refractivity contribution in [3.63, 3.8) is 0 Å². The van der Waals surface area contributed by atoms with Gasteiger partial charge in [-0.25, -0.2) is 50.5 Å². The van der Waals surface area contributed by atoms with Crippen molar-refractivity contribution < 1.29 is 255 Å². The van der Waals surface area contributed by atoms with Gasteiger partial charge in [-0.15, -0.1) is 30.0 Å². The van der Waals surface area contributed by atoms with Gasteiger partial charge < -0.3 is 27.3 Å². The van der Waals surface area contributed by atoms with Crippen molar-refractivity contribution >= 4 is 126 Å². The Kier molecular flexibility index (Phi) is 20.2. The summed E-state index contributed by atoms with van der Waals surface area (Å²) in [4.78, 5) is -3.91. The van der Waals surface area contributed by atoms with Gasteiger partial charge in [-0.2, -0.15) is 0 Å². The van der Waals surface area contributed by atoms with Crippen LogP contribution in [0.3, 0.4) is 0 Å². The molecule has 13 rings (SSSR count). The zero-order valence-electron chi connectivity index (χ0n) is 40.9. The van der Waals surface area contributed by atoms with Gasteiger partial charge in [-0.05, 0) is 70.4 Å². The Bertz CT molecular complexity index is 4680. The van der Waals surface area contributed by atoms with Gasteiger partial charge in [0.1, 0.15) is 82.8 Å². The topological polar surface area (TPSA) is 405 Å². The first-order valence-electron chi connectivity index (χ1n) is 19.8. The monoisotopic (exact) mass is 1220 g/mol. The van der Waals surface area contributed by atoms with Gasteiger partial charge in [0.2, 0.25) is 0 Å². The van der Waals surface area contributed by atoms with Crippen LogP contribution in [-0.4, -0.2) is 108 Å². The van der Waals surface area contributed by atoms with Crippen LogP contribution in [0.25, 0.3) is 98.8 Å². The van der Waals surface area contributed by atoms with Crippen LogP contribution in [0.15, 0.2) is 139 Å². The van der Waals surface area contributed by atoms with Crippen LogP contribution in [0.2, 0.25) is 0 Å². The van der Waals surface area contributed by atoms with Gasteiger partial charge in [-0.1, -0.05) is 60.7 Å². The summed E-state index contributed by atoms with van der Waals surface area (Å²) < 4.78 is 223. The molecule has 0 spiro atoms. The summed E-state index contributed by atoms with van der Waals surface area (Å²) in [6.07, 6.45) is 0. The molecule has 78 heavy (non-hydrogen) atoms. The molecule has 2 heterocycles. The van der Waals surface area contributed by atoms with Gasteiger partial charge >= 0.3 is 177 Å². The molecule has 36 heteroatoms. The maximum Gasteiger partial charge on any atom is 1.00 e. The molecular weight excluding hydrogens is 1210 g/mol. The van der Waals surface area contributed by atoms with Crippen molar-refractivity contribution in [2.24, 2.45) is 0 Å². The summed E-state index contributed by atoms with van der Waals surface area (Å²) in [5.74, 6) is 0. The molecule has 0 N–H and O–H groups in total. The molecule has 0 radical (unpaired) electrons. The fourth-order valence-corrected chi connectivity index (χ4v) is 13.5. The van der Waals surface area contributed by atoms with Crippen LogP contribution in [0.4, 0.5) is 0 Å². The van der Waals surface area contributed by atoms with E-state index in [2.05, 4.69) is 20.4 Å². The fraction of sp³-hybridized carbons (Fsp3) is 0. The van der Waals surface area contributed by atoms with E-state index < -0.39 is 90.1 Å². The van der Waals surface area contributed by atoms with E-state index in [9.17, 15) is 77.8 Å². The Morgan fingerprint density at radius 3 is 0.936 bits per heavy atom. The first-order chi connectivity index (χ1) is 33.5. The number of hydrogen-bond acceptors (Lipinski definition) is 22. The van der Waals surface area contributed by atoms with Gasteiger partial charge in [-0.3, -0.25) is 0 Å². The molecule has 0 amide bonds. The van der Waals surface area contributed by atoms with Gasteiger partial charge in [0.05, 0.1) is 40.7 Å². The van der Waals surface area contributed by atoms with Crippen LogP contribution in [-0.2, 0) is 60.7 Å². The van der Waals surface area contributed by atoms with Crippen molar-refractivity contribution in [2.45, 2.75) is 29.4 Å². The number of nitrogens with zero attached hydrogens (tertiary/aromatic N) is 6. The summed E-state index contributed by atoms with van der Waals surface area (Å²) in [5.41, 5.74) is -0.688. The molecule has 24 nitrogen and oxygen atoms in total. The van der Waals surface area contributed by atoms with E-state index in [0.29, 0.717) is 12.1 Å². The predicted molar refractivity (Wildman–Crippen MR) is 242 cm³/mol. The largest absolute Gasteiger partial charge is 1.00 e. The number of fused-ring (bicyclic) bond motifs is 12. The standard InChI is InChI=1S/C42H24N6O18S6.6Na/c49-67(50,51)23-15-29-25(35(17-23)69(55,56)57)9-11-31-39(29)45-47(43-31)33-13-21-5-7-27(33)41(71(61,62)63)37(21)19-1-2-20(4-3-19)38-22-6-8-28(42(38)72(64,65)66)34(14-22)48-44-32-12-10-26-30(40(32)46-48)16-24(68(52,53)54)18-36(26)70(58,59)60;;;;;;/h1-18H,(H,49,50,51)(H,52,53,54)(H,55,56,57)(H,58,59,60)(H,61,62,63)(H,64,65,66);;;;;;/q;6*+1/p-6. The van der Waals surface area contributed by atoms with E-state index in [1.54, 1.807) is 0 Å². The van der Waals surface area contributed by atoms with E-state index in [4.69, 9.17) is 0 Å². The molecule has 11 aromatic carbocycles. The number of rotatable bonds is 10. The van der Waals surface area contributed by atoms with Crippen molar-refractivity contribution in [1.82, 2.24) is 30.0 Å². The van der Waals surface area contributed by atoms with Crippen molar-refractivity contribution in [3.05, 3.63) is 109 Å². The first kappa shape index (κ1) is 67.6. The second-order valence-corrected chi connectivity index (χ2v) is 24.1. The molecule has 0 saturated carbocycles. The van der Waals surface area contributed by atoms with Crippen LogP contribution in [0, 0.1) is 0 Å². The number of benzene rings is 11. The summed E-state index contributed by atoms with van der Waals surface area (Å²) in [7, 11) is -32.1. The van der Waals surface area contributed by atoms with Crippen LogP contribution >= 0.6 is 0 Å². The average Bonchev–Trinajstić information content (AvgIpc) is 3.95. The second-order valence-electron chi connectivity index (χ2n) is 16.1. The maximum absolute atomic E-state index is 13.1. The smallest absolute Gasteiger partial charge is 0.744 e. The minimum absolute atomic E-state index is 0. The zero-order valence-corrected chi connectivity index (χ0v) is 57.8. The van der Waals surface area contributed by atoms with E-state index in [-0.39, 0.29) is 276 Å². The third-order valence-electron chi connectivity index (χ3n) is 11.9. The first-order valence-corrected chi connectivity index (χ1v) is 28.2. The quantitative estimate of drug-likeness (QED) is 0.0906. The van der Waals surface area contributed by atoms with E-state index in [1.165, 1.54) is 72.8 Å². The van der Waals surface area contributed by atoms with Crippen molar-refractivity contribution in [3.8, 4) is 33.6 Å². The molecule has 0 aliphatic heterocycles. The zero-order chi connectivity index (χ0) is 51.6. The molecule has 366 valence electrons. The van der Waals surface area contributed by atoms with Crippen molar-refractivity contribution in [2.75, 3.05) is 0 Å². The third-order valence-corrected chi connectivity index (χ3v) is 17.1. The molecule has 0 saturated heterocycles. The molecule has 0 fully saturated rings.